The second kappa shape index (κ2) is 7.28. The van der Waals surface area contributed by atoms with Gasteiger partial charge in [-0.25, -0.2) is 0 Å². The van der Waals surface area contributed by atoms with Crippen LogP contribution in [0.25, 0.3) is 0 Å². The van der Waals surface area contributed by atoms with Crippen LogP contribution in [0.1, 0.15) is 31.2 Å². The molecule has 0 N–H and O–H groups in total. The second-order valence-electron chi connectivity index (χ2n) is 6.96. The van der Waals surface area contributed by atoms with Crippen molar-refractivity contribution in [3.8, 4) is 0 Å². The van der Waals surface area contributed by atoms with E-state index < -0.39 is 0 Å². The molecule has 3 nitrogen and oxygen atoms in total. The summed E-state index contributed by atoms with van der Waals surface area (Å²) in [7, 11) is 4.34. The summed E-state index contributed by atoms with van der Waals surface area (Å²) in [5.41, 5.74) is 1.29. The molecule has 1 aliphatic heterocycles. The summed E-state index contributed by atoms with van der Waals surface area (Å²) in [5.74, 6) is 0. The molecular weight excluding hydrogens is 331 g/mol. The van der Waals surface area contributed by atoms with Gasteiger partial charge < -0.3 is 4.74 Å². The molecular formula is C18H26Cl2N2O. The highest BCUT2D eigenvalue weighted by Crippen LogP contribution is 2.43. The minimum Gasteiger partial charge on any atom is -0.379 e. The highest BCUT2D eigenvalue weighted by atomic mass is 35.5. The highest BCUT2D eigenvalue weighted by molar-refractivity contribution is 6.34. The summed E-state index contributed by atoms with van der Waals surface area (Å²) in [4.78, 5) is 4.96. The number of hydrogen-bond donors (Lipinski definition) is 0. The van der Waals surface area contributed by atoms with E-state index in [9.17, 15) is 0 Å². The maximum absolute atomic E-state index is 6.26. The van der Waals surface area contributed by atoms with Crippen LogP contribution in [0.4, 0.5) is 0 Å². The third-order valence-electron chi connectivity index (χ3n) is 5.60. The van der Waals surface area contributed by atoms with Gasteiger partial charge in [-0.05, 0) is 63.5 Å². The lowest BCUT2D eigenvalue weighted by atomic mass is 9.73. The Bertz CT molecular complexity index is 516. The molecule has 0 bridgehead atoms. The van der Waals surface area contributed by atoms with Crippen LogP contribution < -0.4 is 0 Å². The van der Waals surface area contributed by atoms with Gasteiger partial charge in [-0.1, -0.05) is 23.2 Å². The van der Waals surface area contributed by atoms with E-state index >= 15 is 0 Å². The van der Waals surface area contributed by atoms with Gasteiger partial charge >= 0.3 is 0 Å². The Hall–Kier alpha value is -0.320. The Morgan fingerprint density at radius 3 is 2.13 bits per heavy atom. The first-order chi connectivity index (χ1) is 11.0. The average molecular weight is 357 g/mol. The maximum atomic E-state index is 6.26. The molecule has 128 valence electrons. The van der Waals surface area contributed by atoms with Gasteiger partial charge in [-0.2, -0.15) is 0 Å². The molecule has 1 aromatic rings. The molecule has 2 aliphatic rings. The Morgan fingerprint density at radius 1 is 1.04 bits per heavy atom. The van der Waals surface area contributed by atoms with Crippen LogP contribution in [-0.2, 0) is 10.3 Å². The first kappa shape index (κ1) is 17.5. The predicted molar refractivity (Wildman–Crippen MR) is 96.5 cm³/mol. The van der Waals surface area contributed by atoms with Gasteiger partial charge in [-0.3, -0.25) is 9.80 Å². The van der Waals surface area contributed by atoms with Crippen LogP contribution in [0.3, 0.4) is 0 Å². The molecule has 1 heterocycles. The summed E-state index contributed by atoms with van der Waals surface area (Å²) in [6.45, 7) is 3.89. The van der Waals surface area contributed by atoms with E-state index in [1.54, 1.807) is 0 Å². The molecule has 3 rings (SSSR count). The summed E-state index contributed by atoms with van der Waals surface area (Å²) in [6.07, 6.45) is 4.70. The molecule has 0 unspecified atom stereocenters. The number of benzene rings is 1. The van der Waals surface area contributed by atoms with E-state index in [-0.39, 0.29) is 5.54 Å². The summed E-state index contributed by atoms with van der Waals surface area (Å²) >= 11 is 12.5. The van der Waals surface area contributed by atoms with Crippen molar-refractivity contribution in [2.24, 2.45) is 0 Å². The molecule has 0 amide bonds. The van der Waals surface area contributed by atoms with E-state index in [0.717, 1.165) is 49.2 Å². The van der Waals surface area contributed by atoms with Crippen molar-refractivity contribution in [1.82, 2.24) is 9.80 Å². The van der Waals surface area contributed by atoms with Crippen LogP contribution >= 0.6 is 23.2 Å². The normalized spacial score (nSPS) is 29.9. The SMILES string of the molecule is CN(C)C1(c2cc(Cl)cc(Cl)c2)CCC(N2CCOCC2)CC1. The van der Waals surface area contributed by atoms with Gasteiger partial charge in [0.2, 0.25) is 0 Å². The molecule has 0 radical (unpaired) electrons. The van der Waals surface area contributed by atoms with Gasteiger partial charge in [0.15, 0.2) is 0 Å². The fraction of sp³-hybridized carbons (Fsp3) is 0.667. The fourth-order valence-electron chi connectivity index (χ4n) is 4.20. The molecule has 1 aliphatic carbocycles. The maximum Gasteiger partial charge on any atom is 0.0594 e. The molecule has 5 heteroatoms. The Morgan fingerprint density at radius 2 is 1.61 bits per heavy atom. The van der Waals surface area contributed by atoms with Crippen LogP contribution in [0.15, 0.2) is 18.2 Å². The number of ether oxygens (including phenoxy) is 1. The van der Waals surface area contributed by atoms with E-state index in [2.05, 4.69) is 36.0 Å². The largest absolute Gasteiger partial charge is 0.379 e. The van der Waals surface area contributed by atoms with E-state index in [1.807, 2.05) is 6.07 Å². The van der Waals surface area contributed by atoms with Crippen molar-refractivity contribution in [3.63, 3.8) is 0 Å². The zero-order chi connectivity index (χ0) is 16.4. The minimum absolute atomic E-state index is 0.0390. The lowest BCUT2D eigenvalue weighted by Crippen LogP contribution is -2.51. The Labute approximate surface area is 149 Å². The van der Waals surface area contributed by atoms with E-state index in [4.69, 9.17) is 27.9 Å². The minimum atomic E-state index is 0.0390. The zero-order valence-electron chi connectivity index (χ0n) is 14.0. The fourth-order valence-corrected chi connectivity index (χ4v) is 4.73. The third kappa shape index (κ3) is 3.69. The van der Waals surface area contributed by atoms with E-state index in [1.165, 1.54) is 18.4 Å². The van der Waals surface area contributed by atoms with Gasteiger partial charge in [0, 0.05) is 34.7 Å². The molecule has 2 fully saturated rings. The first-order valence-corrected chi connectivity index (χ1v) is 9.23. The van der Waals surface area contributed by atoms with Crippen LogP contribution in [-0.4, -0.2) is 56.2 Å². The molecule has 23 heavy (non-hydrogen) atoms. The molecule has 1 saturated heterocycles. The topological polar surface area (TPSA) is 15.7 Å². The lowest BCUT2D eigenvalue weighted by molar-refractivity contribution is -0.0112. The standard InChI is InChI=1S/C18H26Cl2N2O/c1-21(2)18(14-11-15(19)13-16(20)12-14)5-3-17(4-6-18)22-7-9-23-10-8-22/h11-13,17H,3-10H2,1-2H3. The number of morpholine rings is 1. The Balaban J connectivity index is 1.78. The number of halogens is 2. The molecule has 0 aromatic heterocycles. The van der Waals surface area contributed by atoms with Gasteiger partial charge in [0.25, 0.3) is 0 Å². The van der Waals surface area contributed by atoms with Crippen LogP contribution in [0.5, 0.6) is 0 Å². The molecule has 1 saturated carbocycles. The van der Waals surface area contributed by atoms with Gasteiger partial charge in [-0.15, -0.1) is 0 Å². The van der Waals surface area contributed by atoms with E-state index in [0.29, 0.717) is 6.04 Å². The van der Waals surface area contributed by atoms with Crippen molar-refractivity contribution in [2.45, 2.75) is 37.3 Å². The third-order valence-corrected chi connectivity index (χ3v) is 6.04. The predicted octanol–water partition coefficient (Wildman–Crippen LogP) is 4.03. The number of hydrogen-bond acceptors (Lipinski definition) is 3. The summed E-state index contributed by atoms with van der Waals surface area (Å²) in [6, 6.07) is 6.67. The first-order valence-electron chi connectivity index (χ1n) is 8.47. The summed E-state index contributed by atoms with van der Waals surface area (Å²) in [5, 5.41) is 1.45. The zero-order valence-corrected chi connectivity index (χ0v) is 15.5. The number of nitrogens with zero attached hydrogens (tertiary/aromatic N) is 2. The monoisotopic (exact) mass is 356 g/mol. The quantitative estimate of drug-likeness (QED) is 0.813. The molecule has 1 aromatic carbocycles. The van der Waals surface area contributed by atoms with Crippen molar-refractivity contribution in [2.75, 3.05) is 40.4 Å². The van der Waals surface area contributed by atoms with Crippen molar-refractivity contribution in [1.29, 1.82) is 0 Å². The van der Waals surface area contributed by atoms with Crippen LogP contribution in [0.2, 0.25) is 10.0 Å². The van der Waals surface area contributed by atoms with Crippen molar-refractivity contribution in [3.05, 3.63) is 33.8 Å². The van der Waals surface area contributed by atoms with Crippen LogP contribution in [0, 0.1) is 0 Å². The molecule has 0 spiro atoms. The second-order valence-corrected chi connectivity index (χ2v) is 7.84. The van der Waals surface area contributed by atoms with Gasteiger partial charge in [0.05, 0.1) is 13.2 Å². The van der Waals surface area contributed by atoms with Crippen molar-refractivity contribution < 1.29 is 4.74 Å². The number of rotatable bonds is 3. The smallest absolute Gasteiger partial charge is 0.0594 e. The lowest BCUT2D eigenvalue weighted by Gasteiger charge is -2.48. The Kier molecular flexibility index (Phi) is 5.54. The average Bonchev–Trinajstić information content (AvgIpc) is 2.54. The summed E-state index contributed by atoms with van der Waals surface area (Å²) < 4.78 is 5.49. The molecule has 0 atom stereocenters. The van der Waals surface area contributed by atoms with Gasteiger partial charge in [0.1, 0.15) is 0 Å². The van der Waals surface area contributed by atoms with Crippen molar-refractivity contribution >= 4 is 23.2 Å². The highest BCUT2D eigenvalue weighted by Gasteiger charge is 2.40.